The molecule has 1 saturated heterocycles. The molecule has 1 fully saturated rings. The highest BCUT2D eigenvalue weighted by Crippen LogP contribution is 2.08. The van der Waals surface area contributed by atoms with Gasteiger partial charge in [-0.3, -0.25) is 4.79 Å². The van der Waals surface area contributed by atoms with Crippen LogP contribution in [0.5, 0.6) is 0 Å². The van der Waals surface area contributed by atoms with Crippen molar-refractivity contribution < 1.29 is 23.9 Å². The Balaban J connectivity index is 2.23. The topological polar surface area (TPSA) is 81.7 Å². The molecule has 0 spiro atoms. The molecule has 90 valence electrons. The molecule has 0 aromatic rings. The van der Waals surface area contributed by atoms with Crippen LogP contribution in [0.2, 0.25) is 0 Å². The Bertz CT molecular complexity index is 289. The van der Waals surface area contributed by atoms with Crippen LogP contribution in [0.1, 0.15) is 32.6 Å². The maximum atomic E-state index is 11.3. The van der Waals surface area contributed by atoms with Crippen LogP contribution < -0.4 is 5.32 Å². The van der Waals surface area contributed by atoms with E-state index in [-0.39, 0.29) is 18.9 Å². The molecule has 1 heterocycles. The van der Waals surface area contributed by atoms with Gasteiger partial charge in [-0.15, -0.1) is 0 Å². The Morgan fingerprint density at radius 1 is 1.50 bits per heavy atom. The highest BCUT2D eigenvalue weighted by atomic mass is 16.7. The molecule has 1 atom stereocenters. The summed E-state index contributed by atoms with van der Waals surface area (Å²) in [6, 6.07) is -0.716. The zero-order valence-electron chi connectivity index (χ0n) is 9.15. The SMILES string of the molecule is CCCCOC(=O)OC(=O)C1CCC(=O)N1. The largest absolute Gasteiger partial charge is 0.516 e. The minimum Gasteiger partial charge on any atom is -0.434 e. The van der Waals surface area contributed by atoms with E-state index >= 15 is 0 Å². The van der Waals surface area contributed by atoms with Gasteiger partial charge in [0.2, 0.25) is 5.91 Å². The van der Waals surface area contributed by atoms with Gasteiger partial charge in [-0.25, -0.2) is 9.59 Å². The van der Waals surface area contributed by atoms with Crippen molar-refractivity contribution >= 4 is 18.0 Å². The number of unbranched alkanes of at least 4 members (excludes halogenated alkanes) is 1. The summed E-state index contributed by atoms with van der Waals surface area (Å²) in [4.78, 5) is 33.1. The number of hydrogen-bond acceptors (Lipinski definition) is 5. The second kappa shape index (κ2) is 6.09. The minimum atomic E-state index is -1.00. The Kier molecular flexibility index (Phi) is 4.75. The molecule has 6 nitrogen and oxygen atoms in total. The summed E-state index contributed by atoms with van der Waals surface area (Å²) >= 11 is 0. The Morgan fingerprint density at radius 2 is 2.25 bits per heavy atom. The fraction of sp³-hybridized carbons (Fsp3) is 0.700. The lowest BCUT2D eigenvalue weighted by molar-refractivity contribution is -0.142. The van der Waals surface area contributed by atoms with Crippen molar-refractivity contribution in [2.24, 2.45) is 0 Å². The summed E-state index contributed by atoms with van der Waals surface area (Å²) in [5.74, 6) is -0.964. The summed E-state index contributed by atoms with van der Waals surface area (Å²) in [5.41, 5.74) is 0. The van der Waals surface area contributed by atoms with Gasteiger partial charge in [-0.2, -0.15) is 0 Å². The summed E-state index contributed by atoms with van der Waals surface area (Å²) in [6.45, 7) is 2.19. The van der Waals surface area contributed by atoms with E-state index in [0.29, 0.717) is 6.42 Å². The maximum Gasteiger partial charge on any atom is 0.516 e. The molecule has 1 aliphatic rings. The third-order valence-electron chi connectivity index (χ3n) is 2.18. The van der Waals surface area contributed by atoms with Crippen LogP contribution in [0.3, 0.4) is 0 Å². The van der Waals surface area contributed by atoms with E-state index in [1.807, 2.05) is 6.92 Å². The van der Waals surface area contributed by atoms with Gasteiger partial charge < -0.3 is 14.8 Å². The Morgan fingerprint density at radius 3 is 2.81 bits per heavy atom. The first kappa shape index (κ1) is 12.5. The fourth-order valence-electron chi connectivity index (χ4n) is 1.27. The predicted octanol–water partition coefficient (Wildman–Crippen LogP) is 0.745. The number of hydrogen-bond donors (Lipinski definition) is 1. The molecule has 1 rings (SSSR count). The van der Waals surface area contributed by atoms with Gasteiger partial charge >= 0.3 is 12.1 Å². The molecule has 0 aromatic heterocycles. The van der Waals surface area contributed by atoms with Crippen molar-refractivity contribution in [3.05, 3.63) is 0 Å². The average Bonchev–Trinajstić information content (AvgIpc) is 2.65. The van der Waals surface area contributed by atoms with Crippen LogP contribution >= 0.6 is 0 Å². The molecule has 0 aliphatic carbocycles. The van der Waals surface area contributed by atoms with Crippen molar-refractivity contribution in [3.63, 3.8) is 0 Å². The molecule has 1 N–H and O–H groups in total. The van der Waals surface area contributed by atoms with Gasteiger partial charge in [-0.1, -0.05) is 13.3 Å². The lowest BCUT2D eigenvalue weighted by Gasteiger charge is -2.08. The van der Waals surface area contributed by atoms with Crippen molar-refractivity contribution in [3.8, 4) is 0 Å². The number of rotatable bonds is 4. The molecule has 16 heavy (non-hydrogen) atoms. The van der Waals surface area contributed by atoms with Crippen LogP contribution in [0, 0.1) is 0 Å². The molecule has 1 amide bonds. The highest BCUT2D eigenvalue weighted by molar-refractivity contribution is 5.91. The van der Waals surface area contributed by atoms with E-state index in [4.69, 9.17) is 0 Å². The zero-order chi connectivity index (χ0) is 12.0. The molecule has 6 heteroatoms. The molecule has 0 bridgehead atoms. The molecule has 1 aliphatic heterocycles. The van der Waals surface area contributed by atoms with Gasteiger partial charge in [0.15, 0.2) is 0 Å². The van der Waals surface area contributed by atoms with Gasteiger partial charge in [0.1, 0.15) is 6.04 Å². The molecule has 1 unspecified atom stereocenters. The van der Waals surface area contributed by atoms with E-state index < -0.39 is 18.2 Å². The van der Waals surface area contributed by atoms with Crippen molar-refractivity contribution in [1.82, 2.24) is 5.32 Å². The number of nitrogens with one attached hydrogen (secondary N) is 1. The molecule has 0 radical (unpaired) electrons. The number of carbonyl (C=O) groups is 3. The lowest BCUT2D eigenvalue weighted by atomic mass is 10.2. The van der Waals surface area contributed by atoms with Gasteiger partial charge in [0.25, 0.3) is 0 Å². The third kappa shape index (κ3) is 3.88. The zero-order valence-corrected chi connectivity index (χ0v) is 9.15. The van der Waals surface area contributed by atoms with Gasteiger partial charge in [0.05, 0.1) is 6.61 Å². The Hall–Kier alpha value is -1.59. The molecular formula is C10H15NO5. The summed E-state index contributed by atoms with van der Waals surface area (Å²) in [5, 5.41) is 2.40. The van der Waals surface area contributed by atoms with Crippen LogP contribution in [0.15, 0.2) is 0 Å². The van der Waals surface area contributed by atoms with Crippen LogP contribution in [-0.2, 0) is 19.1 Å². The smallest absolute Gasteiger partial charge is 0.434 e. The number of amides is 1. The first-order chi connectivity index (χ1) is 7.63. The van der Waals surface area contributed by atoms with Crippen LogP contribution in [0.25, 0.3) is 0 Å². The predicted molar refractivity (Wildman–Crippen MR) is 53.5 cm³/mol. The Labute approximate surface area is 93.3 Å². The molecule has 0 aromatic carbocycles. The van der Waals surface area contributed by atoms with Crippen molar-refractivity contribution in [2.45, 2.75) is 38.6 Å². The number of carbonyl (C=O) groups excluding carboxylic acids is 3. The van der Waals surface area contributed by atoms with Crippen LogP contribution in [-0.4, -0.2) is 30.7 Å². The molecule has 0 saturated carbocycles. The maximum absolute atomic E-state index is 11.3. The fourth-order valence-corrected chi connectivity index (χ4v) is 1.27. The monoisotopic (exact) mass is 229 g/mol. The average molecular weight is 229 g/mol. The second-order valence-electron chi connectivity index (χ2n) is 3.53. The summed E-state index contributed by atoms with van der Waals surface area (Å²) in [6.07, 6.45) is 1.26. The van der Waals surface area contributed by atoms with Gasteiger partial charge in [0, 0.05) is 6.42 Å². The first-order valence-corrected chi connectivity index (χ1v) is 5.31. The van der Waals surface area contributed by atoms with E-state index in [2.05, 4.69) is 14.8 Å². The third-order valence-corrected chi connectivity index (χ3v) is 2.18. The van der Waals surface area contributed by atoms with Gasteiger partial charge in [-0.05, 0) is 12.8 Å². The second-order valence-corrected chi connectivity index (χ2v) is 3.53. The minimum absolute atomic E-state index is 0.207. The number of ether oxygens (including phenoxy) is 2. The van der Waals surface area contributed by atoms with Crippen molar-refractivity contribution in [1.29, 1.82) is 0 Å². The summed E-state index contributed by atoms with van der Waals surface area (Å²) in [7, 11) is 0. The van der Waals surface area contributed by atoms with Crippen LogP contribution in [0.4, 0.5) is 4.79 Å². The highest BCUT2D eigenvalue weighted by Gasteiger charge is 2.30. The molecular weight excluding hydrogens is 214 g/mol. The first-order valence-electron chi connectivity index (χ1n) is 5.31. The number of esters is 1. The van der Waals surface area contributed by atoms with Crippen molar-refractivity contribution in [2.75, 3.05) is 6.61 Å². The lowest BCUT2D eigenvalue weighted by Crippen LogP contribution is -2.35. The van der Waals surface area contributed by atoms with E-state index in [1.54, 1.807) is 0 Å². The van der Waals surface area contributed by atoms with E-state index in [1.165, 1.54) is 0 Å². The quantitative estimate of drug-likeness (QED) is 0.437. The van der Waals surface area contributed by atoms with E-state index in [0.717, 1.165) is 12.8 Å². The normalized spacial score (nSPS) is 19.1. The standard InChI is InChI=1S/C10H15NO5/c1-2-3-6-15-10(14)16-9(13)7-4-5-8(12)11-7/h7H,2-6H2,1H3,(H,11,12). The summed E-state index contributed by atoms with van der Waals surface area (Å²) < 4.78 is 9.06. The van der Waals surface area contributed by atoms with E-state index in [9.17, 15) is 14.4 Å².